The smallest absolute Gasteiger partial charge is 0.0741 e. The molecule has 2 aromatic carbocycles. The molecular weight excluding hydrogens is 222 g/mol. The molecule has 18 heavy (non-hydrogen) atoms. The third-order valence-electron chi connectivity index (χ3n) is 3.12. The molecule has 0 aliphatic heterocycles. The van der Waals surface area contributed by atoms with Gasteiger partial charge in [0.2, 0.25) is 0 Å². The predicted octanol–water partition coefficient (Wildman–Crippen LogP) is 3.05. The van der Waals surface area contributed by atoms with Gasteiger partial charge in [-0.2, -0.15) is 5.10 Å². The molecule has 3 aromatic rings. The minimum Gasteiger partial charge on any atom is -0.324 e. The highest BCUT2D eigenvalue weighted by atomic mass is 15.3. The van der Waals surface area contributed by atoms with E-state index >= 15 is 0 Å². The van der Waals surface area contributed by atoms with Crippen LogP contribution >= 0.6 is 0 Å². The van der Waals surface area contributed by atoms with Crippen LogP contribution in [-0.4, -0.2) is 9.78 Å². The molecule has 1 aromatic heterocycles. The quantitative estimate of drug-likeness (QED) is 0.744. The zero-order chi connectivity index (χ0) is 12.5. The van der Waals surface area contributed by atoms with Crippen molar-refractivity contribution in [2.75, 3.05) is 0 Å². The summed E-state index contributed by atoms with van der Waals surface area (Å²) in [5, 5.41) is 5.58. The number of para-hydroxylation sites is 1. The first-order valence-electron chi connectivity index (χ1n) is 6.04. The van der Waals surface area contributed by atoms with Crippen LogP contribution < -0.4 is 5.73 Å². The van der Waals surface area contributed by atoms with E-state index in [1.807, 2.05) is 48.1 Å². The van der Waals surface area contributed by atoms with Gasteiger partial charge in [0.05, 0.1) is 17.4 Å². The van der Waals surface area contributed by atoms with Crippen molar-refractivity contribution in [3.63, 3.8) is 0 Å². The molecule has 90 valence electrons. The Kier molecular flexibility index (Phi) is 2.61. The molecule has 3 heteroatoms. The summed E-state index contributed by atoms with van der Waals surface area (Å²) in [6.07, 6.45) is 1.88. The Morgan fingerprint density at radius 1 is 1.11 bits per heavy atom. The summed E-state index contributed by atoms with van der Waals surface area (Å²) in [6.45, 7) is 1.99. The van der Waals surface area contributed by atoms with E-state index in [-0.39, 0.29) is 6.04 Å². The molecule has 0 aliphatic rings. The van der Waals surface area contributed by atoms with Crippen molar-refractivity contribution in [1.82, 2.24) is 9.78 Å². The maximum Gasteiger partial charge on any atom is 0.0741 e. The second-order valence-corrected chi connectivity index (χ2v) is 4.50. The Morgan fingerprint density at radius 2 is 1.94 bits per heavy atom. The van der Waals surface area contributed by atoms with Gasteiger partial charge in [0.15, 0.2) is 0 Å². The van der Waals surface area contributed by atoms with Gasteiger partial charge in [-0.05, 0) is 30.7 Å². The average Bonchev–Trinajstić information content (AvgIpc) is 2.82. The second-order valence-electron chi connectivity index (χ2n) is 4.50. The largest absolute Gasteiger partial charge is 0.324 e. The Hall–Kier alpha value is -2.13. The van der Waals surface area contributed by atoms with Crippen molar-refractivity contribution in [1.29, 1.82) is 0 Å². The Morgan fingerprint density at radius 3 is 2.78 bits per heavy atom. The van der Waals surface area contributed by atoms with Gasteiger partial charge in [-0.3, -0.25) is 0 Å². The molecule has 3 rings (SSSR count). The van der Waals surface area contributed by atoms with Crippen LogP contribution in [0.1, 0.15) is 18.5 Å². The highest BCUT2D eigenvalue weighted by Crippen LogP contribution is 2.20. The van der Waals surface area contributed by atoms with Crippen LogP contribution in [0.5, 0.6) is 0 Å². The molecule has 0 spiro atoms. The lowest BCUT2D eigenvalue weighted by Crippen LogP contribution is -2.06. The Bertz CT molecular complexity index is 683. The highest BCUT2D eigenvalue weighted by molar-refractivity contribution is 5.80. The van der Waals surface area contributed by atoms with Gasteiger partial charge in [0, 0.05) is 11.4 Å². The first kappa shape index (κ1) is 11.0. The fourth-order valence-corrected chi connectivity index (χ4v) is 2.12. The van der Waals surface area contributed by atoms with Crippen LogP contribution in [0.25, 0.3) is 16.6 Å². The van der Waals surface area contributed by atoms with E-state index in [9.17, 15) is 0 Å². The summed E-state index contributed by atoms with van der Waals surface area (Å²) in [5.41, 5.74) is 9.19. The number of aromatic nitrogens is 2. The fraction of sp³-hybridized carbons (Fsp3) is 0.133. The van der Waals surface area contributed by atoms with Gasteiger partial charge < -0.3 is 5.73 Å². The van der Waals surface area contributed by atoms with Crippen LogP contribution in [-0.2, 0) is 0 Å². The molecule has 0 saturated heterocycles. The van der Waals surface area contributed by atoms with Gasteiger partial charge in [-0.1, -0.05) is 30.3 Å². The molecule has 1 atom stereocenters. The summed E-state index contributed by atoms with van der Waals surface area (Å²) < 4.78 is 1.95. The van der Waals surface area contributed by atoms with Gasteiger partial charge in [0.25, 0.3) is 0 Å². The first-order valence-corrected chi connectivity index (χ1v) is 6.04. The topological polar surface area (TPSA) is 43.8 Å². The molecule has 0 fully saturated rings. The minimum absolute atomic E-state index is 0.0341. The normalized spacial score (nSPS) is 12.8. The summed E-state index contributed by atoms with van der Waals surface area (Å²) in [4.78, 5) is 0. The second kappa shape index (κ2) is 4.27. The van der Waals surface area contributed by atoms with Crippen molar-refractivity contribution in [3.05, 3.63) is 60.3 Å². The summed E-state index contributed by atoms with van der Waals surface area (Å²) >= 11 is 0. The van der Waals surface area contributed by atoms with Gasteiger partial charge in [-0.15, -0.1) is 0 Å². The maximum absolute atomic E-state index is 5.92. The molecule has 3 nitrogen and oxygen atoms in total. The summed E-state index contributed by atoms with van der Waals surface area (Å²) in [5.74, 6) is 0. The summed E-state index contributed by atoms with van der Waals surface area (Å²) in [7, 11) is 0. The molecule has 1 heterocycles. The number of hydrogen-bond acceptors (Lipinski definition) is 2. The lowest BCUT2D eigenvalue weighted by Gasteiger charge is -2.09. The van der Waals surface area contributed by atoms with E-state index in [1.54, 1.807) is 0 Å². The van der Waals surface area contributed by atoms with E-state index < -0.39 is 0 Å². The molecular formula is C15H15N3. The van der Waals surface area contributed by atoms with E-state index in [0.29, 0.717) is 0 Å². The molecule has 2 N–H and O–H groups in total. The molecule has 0 amide bonds. The number of benzene rings is 2. The molecule has 0 bridgehead atoms. The standard InChI is InChI=1S/C15H15N3/c1-11(16)12-6-4-7-14(9-12)18-15-8-3-2-5-13(15)10-17-18/h2-11H,16H2,1H3. The number of rotatable bonds is 2. The van der Waals surface area contributed by atoms with Crippen LogP contribution in [0.3, 0.4) is 0 Å². The van der Waals surface area contributed by atoms with Crippen LogP contribution in [0.2, 0.25) is 0 Å². The number of hydrogen-bond donors (Lipinski definition) is 1. The van der Waals surface area contributed by atoms with Gasteiger partial charge in [0.1, 0.15) is 0 Å². The van der Waals surface area contributed by atoms with Crippen molar-refractivity contribution in [3.8, 4) is 5.69 Å². The van der Waals surface area contributed by atoms with Gasteiger partial charge in [-0.25, -0.2) is 4.68 Å². The Balaban J connectivity index is 2.17. The monoisotopic (exact) mass is 237 g/mol. The van der Waals surface area contributed by atoms with Crippen molar-refractivity contribution >= 4 is 10.9 Å². The molecule has 0 aliphatic carbocycles. The van der Waals surface area contributed by atoms with Crippen LogP contribution in [0, 0.1) is 0 Å². The molecule has 1 unspecified atom stereocenters. The van der Waals surface area contributed by atoms with E-state index in [1.165, 1.54) is 0 Å². The SMILES string of the molecule is CC(N)c1cccc(-n2ncc3ccccc32)c1. The third-order valence-corrected chi connectivity index (χ3v) is 3.12. The van der Waals surface area contributed by atoms with E-state index in [2.05, 4.69) is 23.3 Å². The van der Waals surface area contributed by atoms with E-state index in [4.69, 9.17) is 5.73 Å². The Labute approximate surface area is 106 Å². The van der Waals surface area contributed by atoms with E-state index in [0.717, 1.165) is 22.2 Å². The lowest BCUT2D eigenvalue weighted by atomic mass is 10.1. The minimum atomic E-state index is 0.0341. The lowest BCUT2D eigenvalue weighted by molar-refractivity contribution is 0.812. The zero-order valence-electron chi connectivity index (χ0n) is 10.2. The summed E-state index contributed by atoms with van der Waals surface area (Å²) in [6, 6.07) is 16.4. The van der Waals surface area contributed by atoms with Crippen molar-refractivity contribution in [2.45, 2.75) is 13.0 Å². The predicted molar refractivity (Wildman–Crippen MR) is 73.7 cm³/mol. The third kappa shape index (κ3) is 1.79. The highest BCUT2D eigenvalue weighted by Gasteiger charge is 2.06. The maximum atomic E-state index is 5.92. The molecule has 0 radical (unpaired) electrons. The van der Waals surface area contributed by atoms with Crippen LogP contribution in [0.4, 0.5) is 0 Å². The first-order chi connectivity index (χ1) is 8.75. The fourth-order valence-electron chi connectivity index (χ4n) is 2.12. The number of nitrogens with zero attached hydrogens (tertiary/aromatic N) is 2. The van der Waals surface area contributed by atoms with Crippen LogP contribution in [0.15, 0.2) is 54.7 Å². The number of nitrogens with two attached hydrogens (primary N) is 1. The number of fused-ring (bicyclic) bond motifs is 1. The van der Waals surface area contributed by atoms with Crippen molar-refractivity contribution < 1.29 is 0 Å². The zero-order valence-corrected chi connectivity index (χ0v) is 10.2. The van der Waals surface area contributed by atoms with Crippen molar-refractivity contribution in [2.24, 2.45) is 5.73 Å². The average molecular weight is 237 g/mol. The molecule has 0 saturated carbocycles. The van der Waals surface area contributed by atoms with Gasteiger partial charge >= 0.3 is 0 Å².